The molecule has 0 bridgehead atoms. The van der Waals surface area contributed by atoms with Gasteiger partial charge in [0.1, 0.15) is 24.2 Å². The van der Waals surface area contributed by atoms with E-state index in [-0.39, 0.29) is 51.0 Å². The molecular weight excluding hydrogens is 865 g/mol. The molecule has 4 heterocycles. The van der Waals surface area contributed by atoms with Crippen LogP contribution >= 0.6 is 0 Å². The molecule has 4 aromatic carbocycles. The first-order chi connectivity index (χ1) is 32.9. The number of amides is 4. The van der Waals surface area contributed by atoms with Crippen LogP contribution in [0.1, 0.15) is 35.1 Å². The molecule has 68 heavy (non-hydrogen) atoms. The van der Waals surface area contributed by atoms with Gasteiger partial charge in [-0.25, -0.2) is 4.79 Å². The summed E-state index contributed by atoms with van der Waals surface area (Å²) in [7, 11) is 0. The molecule has 0 saturated carbocycles. The van der Waals surface area contributed by atoms with Crippen molar-refractivity contribution in [1.29, 1.82) is 0 Å². The van der Waals surface area contributed by atoms with Crippen LogP contribution in [-0.2, 0) is 49.7 Å². The lowest BCUT2D eigenvalue weighted by atomic mass is 10.00. The van der Waals surface area contributed by atoms with Crippen molar-refractivity contribution < 1.29 is 29.1 Å². The van der Waals surface area contributed by atoms with Gasteiger partial charge in [0.15, 0.2) is 5.96 Å². The maximum absolute atomic E-state index is 14.8. The lowest BCUT2D eigenvalue weighted by molar-refractivity contribution is -0.142. The van der Waals surface area contributed by atoms with Crippen molar-refractivity contribution in [2.45, 2.75) is 68.7 Å². The second-order valence-electron chi connectivity index (χ2n) is 16.9. The standard InChI is InChI=1S/C50H54N12O6/c51-36(20-28-24-55-37-14-5-1-10-32(28)37)45(63)59-41(18-9-19-54-50(52)53)46(64)60-42(21-29-25-56-38-15-6-2-11-33(29)38)47(65)61-43(22-30-26-57-39-16-7-3-12-34(30)39)48(66)62-44(49(67)68)23-31-27-58-40-17-8-4-13-35(31)40/h1-8,10-17,24-27,36,41-44,55-58H,9,18-23,51H2,(H,59,63)(H,60,64)(H,61,65)(H,62,66)(H,67,68)(H4,52,53,54)/t36-,41-,42-,43-,44-/m0/s1. The third kappa shape index (κ3) is 10.8. The summed E-state index contributed by atoms with van der Waals surface area (Å²) >= 11 is 0. The van der Waals surface area contributed by atoms with Crippen LogP contribution in [0.5, 0.6) is 0 Å². The van der Waals surface area contributed by atoms with Gasteiger partial charge < -0.3 is 63.5 Å². The monoisotopic (exact) mass is 918 g/mol. The molecule has 0 aliphatic rings. The molecule has 0 aliphatic carbocycles. The highest BCUT2D eigenvalue weighted by Crippen LogP contribution is 2.23. The number of para-hydroxylation sites is 4. The zero-order valence-electron chi connectivity index (χ0n) is 37.1. The minimum Gasteiger partial charge on any atom is -0.480 e. The highest BCUT2D eigenvalue weighted by atomic mass is 16.4. The number of nitrogens with two attached hydrogens (primary N) is 3. The number of rotatable bonds is 21. The predicted octanol–water partition coefficient (Wildman–Crippen LogP) is 3.29. The molecule has 0 radical (unpaired) electrons. The van der Waals surface area contributed by atoms with E-state index in [9.17, 15) is 29.1 Å². The molecule has 18 heteroatoms. The zero-order chi connectivity index (χ0) is 47.7. The Morgan fingerprint density at radius 1 is 0.485 bits per heavy atom. The molecule has 0 fully saturated rings. The number of aliphatic carboxylic acids is 1. The SMILES string of the molecule is NC(N)=NCCC[C@H](NC(=O)[C@@H](N)Cc1c[nH]c2ccccc12)C(=O)N[C@@H](Cc1c[nH]c2ccccc12)C(=O)N[C@@H](Cc1c[nH]c2ccccc12)C(=O)N[C@@H](Cc1c[nH]c2ccccc12)C(=O)O. The fourth-order valence-electron chi connectivity index (χ4n) is 8.68. The fraction of sp³-hybridized carbons (Fsp3) is 0.240. The average Bonchev–Trinajstić information content (AvgIpc) is 4.15. The summed E-state index contributed by atoms with van der Waals surface area (Å²) < 4.78 is 0. The Bertz CT molecular complexity index is 3120. The van der Waals surface area contributed by atoms with Crippen molar-refractivity contribution in [1.82, 2.24) is 41.2 Å². The summed E-state index contributed by atoms with van der Waals surface area (Å²) in [5.74, 6) is -4.16. The quantitative estimate of drug-likeness (QED) is 0.0286. The van der Waals surface area contributed by atoms with Gasteiger partial charge in [-0.2, -0.15) is 0 Å². The smallest absolute Gasteiger partial charge is 0.326 e. The third-order valence-electron chi connectivity index (χ3n) is 12.2. The summed E-state index contributed by atoms with van der Waals surface area (Å²) in [6.45, 7) is 0.158. The lowest BCUT2D eigenvalue weighted by Gasteiger charge is -2.26. The summed E-state index contributed by atoms with van der Waals surface area (Å²) in [6.07, 6.45) is 7.41. The number of aromatic amines is 4. The van der Waals surface area contributed by atoms with Crippen LogP contribution in [0.3, 0.4) is 0 Å². The van der Waals surface area contributed by atoms with E-state index in [1.165, 1.54) is 0 Å². The van der Waals surface area contributed by atoms with Gasteiger partial charge in [0.05, 0.1) is 6.04 Å². The number of hydrogen-bond acceptors (Lipinski definition) is 7. The van der Waals surface area contributed by atoms with Gasteiger partial charge in [0.2, 0.25) is 23.6 Å². The Balaban J connectivity index is 1.07. The highest BCUT2D eigenvalue weighted by Gasteiger charge is 2.33. The molecule has 4 aromatic heterocycles. The number of carbonyl (C=O) groups is 5. The second kappa shape index (κ2) is 20.8. The normalized spacial score (nSPS) is 13.7. The van der Waals surface area contributed by atoms with Crippen LogP contribution in [0, 0.1) is 0 Å². The van der Waals surface area contributed by atoms with Gasteiger partial charge >= 0.3 is 5.97 Å². The van der Waals surface area contributed by atoms with E-state index in [1.807, 2.05) is 97.1 Å². The van der Waals surface area contributed by atoms with Crippen molar-refractivity contribution in [2.75, 3.05) is 6.54 Å². The number of carbonyl (C=O) groups excluding carboxylic acids is 4. The third-order valence-corrected chi connectivity index (χ3v) is 12.2. The molecule has 5 atom stereocenters. The average molecular weight is 919 g/mol. The first kappa shape index (κ1) is 46.2. The molecule has 8 aromatic rings. The molecule has 0 spiro atoms. The molecule has 4 amide bonds. The van der Waals surface area contributed by atoms with Gasteiger partial charge in [-0.15, -0.1) is 0 Å². The van der Waals surface area contributed by atoms with Crippen molar-refractivity contribution >= 4 is 79.2 Å². The summed E-state index contributed by atoms with van der Waals surface area (Å²) in [4.78, 5) is 87.2. The molecule has 18 nitrogen and oxygen atoms in total. The molecule has 8 rings (SSSR count). The Morgan fingerprint density at radius 2 is 0.824 bits per heavy atom. The van der Waals surface area contributed by atoms with E-state index in [0.717, 1.165) is 49.2 Å². The number of aliphatic imine (C=N–C) groups is 1. The molecular formula is C50H54N12O6. The minimum atomic E-state index is -1.36. The molecule has 0 unspecified atom stereocenters. The lowest BCUT2D eigenvalue weighted by Crippen LogP contribution is -2.59. The molecule has 15 N–H and O–H groups in total. The number of benzene rings is 4. The van der Waals surface area contributed by atoms with Crippen LogP contribution in [0.2, 0.25) is 0 Å². The summed E-state index contributed by atoms with van der Waals surface area (Å²) in [5, 5.41) is 25.0. The van der Waals surface area contributed by atoms with E-state index < -0.39 is 59.8 Å². The summed E-state index contributed by atoms with van der Waals surface area (Å²) in [6, 6.07) is 23.8. The van der Waals surface area contributed by atoms with Gasteiger partial charge in [-0.3, -0.25) is 24.2 Å². The first-order valence-electron chi connectivity index (χ1n) is 22.4. The topological polar surface area (TPSA) is 307 Å². The number of hydrogen-bond donors (Lipinski definition) is 12. The molecule has 0 saturated heterocycles. The first-order valence-corrected chi connectivity index (χ1v) is 22.4. The Morgan fingerprint density at radius 3 is 1.22 bits per heavy atom. The Labute approximate surface area is 389 Å². The zero-order valence-corrected chi connectivity index (χ0v) is 37.1. The van der Waals surface area contributed by atoms with E-state index >= 15 is 0 Å². The molecule has 0 aliphatic heterocycles. The number of aromatic nitrogens is 4. The van der Waals surface area contributed by atoms with Gasteiger partial charge in [-0.1, -0.05) is 72.8 Å². The van der Waals surface area contributed by atoms with Crippen molar-refractivity contribution in [3.63, 3.8) is 0 Å². The van der Waals surface area contributed by atoms with Crippen LogP contribution in [0.15, 0.2) is 127 Å². The number of H-pyrrole nitrogens is 4. The fourth-order valence-corrected chi connectivity index (χ4v) is 8.68. The maximum atomic E-state index is 14.8. The number of nitrogens with zero attached hydrogens (tertiary/aromatic N) is 1. The Kier molecular flexibility index (Phi) is 14.2. The van der Waals surface area contributed by atoms with Crippen LogP contribution in [0.4, 0.5) is 0 Å². The van der Waals surface area contributed by atoms with E-state index in [0.29, 0.717) is 16.7 Å². The summed E-state index contributed by atoms with van der Waals surface area (Å²) in [5.41, 5.74) is 23.8. The van der Waals surface area contributed by atoms with Gasteiger partial charge in [0, 0.05) is 94.2 Å². The van der Waals surface area contributed by atoms with E-state index in [1.54, 1.807) is 24.8 Å². The van der Waals surface area contributed by atoms with E-state index in [4.69, 9.17) is 17.2 Å². The van der Waals surface area contributed by atoms with Crippen molar-refractivity contribution in [3.05, 3.63) is 144 Å². The van der Waals surface area contributed by atoms with Crippen LogP contribution < -0.4 is 38.5 Å². The number of carboxylic acid groups (broad SMARTS) is 1. The number of carboxylic acids is 1. The van der Waals surface area contributed by atoms with Gasteiger partial charge in [0.25, 0.3) is 0 Å². The number of fused-ring (bicyclic) bond motifs is 4. The number of guanidine groups is 1. The van der Waals surface area contributed by atoms with Gasteiger partial charge in [-0.05, 0) is 65.8 Å². The largest absolute Gasteiger partial charge is 0.480 e. The minimum absolute atomic E-state index is 0.0317. The highest BCUT2D eigenvalue weighted by molar-refractivity contribution is 5.97. The van der Waals surface area contributed by atoms with Crippen molar-refractivity contribution in [2.24, 2.45) is 22.2 Å². The van der Waals surface area contributed by atoms with Crippen LogP contribution in [0.25, 0.3) is 43.6 Å². The Hall–Kier alpha value is -8.38. The predicted molar refractivity (Wildman–Crippen MR) is 261 cm³/mol. The maximum Gasteiger partial charge on any atom is 0.326 e. The van der Waals surface area contributed by atoms with E-state index in [2.05, 4.69) is 46.2 Å². The van der Waals surface area contributed by atoms with Crippen molar-refractivity contribution in [3.8, 4) is 0 Å². The molecule has 350 valence electrons. The second-order valence-corrected chi connectivity index (χ2v) is 16.9. The number of nitrogens with one attached hydrogen (secondary N) is 8. The van der Waals surface area contributed by atoms with Crippen LogP contribution in [-0.4, -0.2) is 97.4 Å².